The molecule has 0 atom stereocenters. The van der Waals surface area contributed by atoms with E-state index in [1.165, 1.54) is 6.42 Å². The molecule has 1 saturated heterocycles. The van der Waals surface area contributed by atoms with Crippen LogP contribution < -0.4 is 5.32 Å². The van der Waals surface area contributed by atoms with Crippen molar-refractivity contribution in [1.82, 2.24) is 14.5 Å². The zero-order valence-electron chi connectivity index (χ0n) is 19.2. The summed E-state index contributed by atoms with van der Waals surface area (Å²) in [4.78, 5) is 15.3. The van der Waals surface area contributed by atoms with Crippen LogP contribution in [0.1, 0.15) is 66.9 Å². The summed E-state index contributed by atoms with van der Waals surface area (Å²) >= 11 is 0. The summed E-state index contributed by atoms with van der Waals surface area (Å²) in [6.07, 6.45) is 6.32. The van der Waals surface area contributed by atoms with Crippen molar-refractivity contribution in [3.63, 3.8) is 0 Å². The highest BCUT2D eigenvalue weighted by Gasteiger charge is 2.40. The first-order valence-electron chi connectivity index (χ1n) is 11.4. The van der Waals surface area contributed by atoms with Gasteiger partial charge in [0.15, 0.2) is 0 Å². The Hall–Kier alpha value is -1.15. The van der Waals surface area contributed by atoms with E-state index >= 15 is 0 Å². The number of benzene rings is 1. The number of carbonyl (C=O) groups is 1. The maximum atomic E-state index is 12.9. The molecule has 0 bridgehead atoms. The topological polar surface area (TPSA) is 69.7 Å². The molecule has 1 aliphatic heterocycles. The van der Waals surface area contributed by atoms with Crippen molar-refractivity contribution in [3.8, 4) is 0 Å². The SMILES string of the molecule is CCCS(=O)(=O)N1CCN(C2(CNC(=O)c3ccc(C)cc3C)CCCCC2)CC1.Cl. The third-order valence-corrected chi connectivity index (χ3v) is 8.83. The standard InChI is InChI=1S/C23H37N3O3S.ClH/c1-4-16-30(28,29)26-14-12-25(13-15-26)23(10-6-5-7-11-23)18-24-22(27)21-9-8-19(2)17-20(21)3;/h8-9,17H,4-7,10-16,18H2,1-3H3,(H,24,27);1H. The molecule has 2 aliphatic rings. The van der Waals surface area contributed by atoms with Crippen molar-refractivity contribution in [2.24, 2.45) is 0 Å². The summed E-state index contributed by atoms with van der Waals surface area (Å²) in [5, 5.41) is 3.22. The van der Waals surface area contributed by atoms with E-state index in [9.17, 15) is 13.2 Å². The van der Waals surface area contributed by atoms with E-state index in [1.54, 1.807) is 4.31 Å². The number of hydrogen-bond donors (Lipinski definition) is 1. The van der Waals surface area contributed by atoms with E-state index in [2.05, 4.69) is 10.2 Å². The van der Waals surface area contributed by atoms with Gasteiger partial charge in [-0.05, 0) is 44.7 Å². The fraction of sp³-hybridized carbons (Fsp3) is 0.696. The first-order chi connectivity index (χ1) is 14.3. The first kappa shape index (κ1) is 26.1. The molecular formula is C23H38ClN3O3S. The van der Waals surface area contributed by atoms with Crippen LogP contribution in [-0.2, 0) is 10.0 Å². The van der Waals surface area contributed by atoms with Crippen LogP contribution in [0.4, 0.5) is 0 Å². The molecule has 1 aromatic carbocycles. The molecule has 1 amide bonds. The molecule has 0 aromatic heterocycles. The molecule has 1 aromatic rings. The second-order valence-corrected chi connectivity index (χ2v) is 11.1. The largest absolute Gasteiger partial charge is 0.350 e. The van der Waals surface area contributed by atoms with Gasteiger partial charge in [0.25, 0.3) is 5.91 Å². The molecule has 3 rings (SSSR count). The second-order valence-electron chi connectivity index (χ2n) is 8.99. The quantitative estimate of drug-likeness (QED) is 0.660. The fourth-order valence-electron chi connectivity index (χ4n) is 5.05. The zero-order chi connectivity index (χ0) is 21.8. The molecule has 0 radical (unpaired) electrons. The minimum Gasteiger partial charge on any atom is -0.350 e. The first-order valence-corrected chi connectivity index (χ1v) is 13.0. The van der Waals surface area contributed by atoms with Crippen LogP contribution in [0.15, 0.2) is 18.2 Å². The molecule has 1 saturated carbocycles. The number of hydrogen-bond acceptors (Lipinski definition) is 4. The molecule has 0 unspecified atom stereocenters. The lowest BCUT2D eigenvalue weighted by atomic mass is 9.79. The van der Waals surface area contributed by atoms with Gasteiger partial charge in [-0.15, -0.1) is 12.4 Å². The molecule has 6 nitrogen and oxygen atoms in total. The van der Waals surface area contributed by atoms with E-state index in [1.807, 2.05) is 39.0 Å². The predicted molar refractivity (Wildman–Crippen MR) is 129 cm³/mol. The maximum Gasteiger partial charge on any atom is 0.251 e. The minimum absolute atomic E-state index is 0. The van der Waals surface area contributed by atoms with Crippen molar-refractivity contribution >= 4 is 28.3 Å². The van der Waals surface area contributed by atoms with Crippen LogP contribution in [0, 0.1) is 13.8 Å². The van der Waals surface area contributed by atoms with Gasteiger partial charge in [0.2, 0.25) is 10.0 Å². The van der Waals surface area contributed by atoms with Crippen molar-refractivity contribution < 1.29 is 13.2 Å². The molecular weight excluding hydrogens is 434 g/mol. The van der Waals surface area contributed by atoms with E-state index in [4.69, 9.17) is 0 Å². The Morgan fingerprint density at radius 1 is 1.06 bits per heavy atom. The molecule has 1 aliphatic carbocycles. The van der Waals surface area contributed by atoms with Crippen molar-refractivity contribution in [1.29, 1.82) is 0 Å². The van der Waals surface area contributed by atoms with E-state index in [0.29, 0.717) is 26.1 Å². The van der Waals surface area contributed by atoms with E-state index < -0.39 is 10.0 Å². The maximum absolute atomic E-state index is 12.9. The smallest absolute Gasteiger partial charge is 0.251 e. The Morgan fingerprint density at radius 3 is 2.29 bits per heavy atom. The summed E-state index contributed by atoms with van der Waals surface area (Å²) in [7, 11) is -3.14. The number of halogens is 1. The third-order valence-electron chi connectivity index (χ3n) is 6.75. The fourth-order valence-corrected chi connectivity index (χ4v) is 6.54. The average molecular weight is 472 g/mol. The van der Waals surface area contributed by atoms with Crippen molar-refractivity contribution in [2.45, 2.75) is 64.8 Å². The van der Waals surface area contributed by atoms with Gasteiger partial charge in [0, 0.05) is 43.8 Å². The van der Waals surface area contributed by atoms with Crippen LogP contribution >= 0.6 is 12.4 Å². The van der Waals surface area contributed by atoms with Gasteiger partial charge < -0.3 is 5.32 Å². The van der Waals surface area contributed by atoms with Gasteiger partial charge in [-0.3, -0.25) is 9.69 Å². The monoisotopic (exact) mass is 471 g/mol. The molecule has 1 N–H and O–H groups in total. The van der Waals surface area contributed by atoms with Crippen LogP contribution in [0.25, 0.3) is 0 Å². The summed E-state index contributed by atoms with van der Waals surface area (Å²) in [6, 6.07) is 5.93. The number of sulfonamides is 1. The minimum atomic E-state index is -3.14. The normalized spacial score (nSPS) is 20.1. The summed E-state index contributed by atoms with van der Waals surface area (Å²) in [5.74, 6) is 0.214. The number of amides is 1. The Labute approximate surface area is 194 Å². The number of rotatable bonds is 7. The Morgan fingerprint density at radius 2 is 1.71 bits per heavy atom. The molecule has 1 heterocycles. The Balaban J connectivity index is 0.00000341. The number of nitrogens with zero attached hydrogens (tertiary/aromatic N) is 2. The third kappa shape index (κ3) is 6.21. The lowest BCUT2D eigenvalue weighted by Crippen LogP contribution is -2.62. The molecule has 8 heteroatoms. The number of aryl methyl sites for hydroxylation is 2. The number of piperazine rings is 1. The van der Waals surface area contributed by atoms with Gasteiger partial charge in [-0.2, -0.15) is 4.31 Å². The van der Waals surface area contributed by atoms with Crippen molar-refractivity contribution in [2.75, 3.05) is 38.5 Å². The molecule has 31 heavy (non-hydrogen) atoms. The highest BCUT2D eigenvalue weighted by molar-refractivity contribution is 7.89. The van der Waals surface area contributed by atoms with Gasteiger partial charge in [-0.1, -0.05) is 43.9 Å². The molecule has 0 spiro atoms. The summed E-state index contributed by atoms with van der Waals surface area (Å²) in [6.45, 7) is 9.12. The zero-order valence-corrected chi connectivity index (χ0v) is 20.8. The number of carbonyl (C=O) groups excluding carboxylic acids is 1. The molecule has 176 valence electrons. The summed E-state index contributed by atoms with van der Waals surface area (Å²) < 4.78 is 26.5. The van der Waals surface area contributed by atoms with Gasteiger partial charge in [-0.25, -0.2) is 8.42 Å². The van der Waals surface area contributed by atoms with Crippen molar-refractivity contribution in [3.05, 3.63) is 34.9 Å². The summed E-state index contributed by atoms with van der Waals surface area (Å²) in [5.41, 5.74) is 2.83. The second kappa shape index (κ2) is 11.1. The lowest BCUT2D eigenvalue weighted by Gasteiger charge is -2.49. The van der Waals surface area contributed by atoms with Gasteiger partial charge >= 0.3 is 0 Å². The van der Waals surface area contributed by atoms with E-state index in [0.717, 1.165) is 55.5 Å². The predicted octanol–water partition coefficient (Wildman–Crippen LogP) is 3.52. The van der Waals surface area contributed by atoms with Gasteiger partial charge in [0.1, 0.15) is 0 Å². The van der Waals surface area contributed by atoms with Crippen LogP contribution in [0.3, 0.4) is 0 Å². The van der Waals surface area contributed by atoms with Crippen LogP contribution in [0.5, 0.6) is 0 Å². The Kier molecular flexibility index (Phi) is 9.37. The van der Waals surface area contributed by atoms with Gasteiger partial charge in [0.05, 0.1) is 5.75 Å². The van der Waals surface area contributed by atoms with Crippen LogP contribution in [-0.4, -0.2) is 67.5 Å². The van der Waals surface area contributed by atoms with E-state index in [-0.39, 0.29) is 29.6 Å². The highest BCUT2D eigenvalue weighted by Crippen LogP contribution is 2.34. The highest BCUT2D eigenvalue weighted by atomic mass is 35.5. The van der Waals surface area contributed by atoms with Crippen LogP contribution in [0.2, 0.25) is 0 Å². The average Bonchev–Trinajstić information content (AvgIpc) is 2.73. The molecule has 2 fully saturated rings. The Bertz CT molecular complexity index is 846. The number of nitrogens with one attached hydrogen (secondary N) is 1. The lowest BCUT2D eigenvalue weighted by molar-refractivity contribution is 0.0240.